The molecule has 1 fully saturated rings. The second-order valence-electron chi connectivity index (χ2n) is 20.2. The molecule has 1 aliphatic heterocycles. The Balaban J connectivity index is 2.01. The second-order valence-corrected chi connectivity index (χ2v) is 20.2. The second kappa shape index (κ2) is 40.0. The zero-order chi connectivity index (χ0) is 48.7. The lowest BCUT2D eigenvalue weighted by atomic mass is 9.94. The molecule has 0 unspecified atom stereocenters. The monoisotopic (exact) mass is 944 g/mol. The van der Waals surface area contributed by atoms with Gasteiger partial charge in [0.15, 0.2) is 6.23 Å². The largest absolute Gasteiger partial charge is 0.445 e. The van der Waals surface area contributed by atoms with Crippen molar-refractivity contribution in [3.05, 3.63) is 35.9 Å². The van der Waals surface area contributed by atoms with E-state index in [9.17, 15) is 29.7 Å². The van der Waals surface area contributed by atoms with Crippen molar-refractivity contribution in [1.82, 2.24) is 15.5 Å². The Kier molecular flexibility index (Phi) is 36.1. The molecule has 11 heteroatoms. The molecule has 1 aromatic rings. The molecule has 0 radical (unpaired) electrons. The van der Waals surface area contributed by atoms with Crippen LogP contribution in [0.25, 0.3) is 0 Å². The molecule has 1 aliphatic rings. The minimum absolute atomic E-state index is 0.0146. The third-order valence-corrected chi connectivity index (χ3v) is 13.6. The summed E-state index contributed by atoms with van der Waals surface area (Å²) in [6, 6.07) is 7.03. The smallest absolute Gasteiger partial charge is 0.408 e. The third-order valence-electron chi connectivity index (χ3n) is 13.6. The number of aliphatic hydroxyl groups excluding tert-OH is 3. The van der Waals surface area contributed by atoms with E-state index < -0.39 is 55.2 Å². The Labute approximate surface area is 409 Å². The topological polar surface area (TPSA) is 158 Å². The van der Waals surface area contributed by atoms with Gasteiger partial charge in [0.25, 0.3) is 0 Å². The normalized spacial score (nSPS) is 18.8. The number of alkyl carbamates (subject to hydrolysis) is 1. The lowest BCUT2D eigenvalue weighted by Gasteiger charge is -2.47. The Hall–Kier alpha value is -2.73. The fourth-order valence-electron chi connectivity index (χ4n) is 9.41. The van der Waals surface area contributed by atoms with Gasteiger partial charge in [-0.25, -0.2) is 4.79 Å². The molecule has 0 bridgehead atoms. The number of benzene rings is 1. The molecule has 0 saturated carbocycles. The molecule has 388 valence electrons. The van der Waals surface area contributed by atoms with Crippen LogP contribution in [0.3, 0.4) is 0 Å². The van der Waals surface area contributed by atoms with Gasteiger partial charge >= 0.3 is 6.09 Å². The van der Waals surface area contributed by atoms with Crippen molar-refractivity contribution >= 4 is 17.9 Å². The molecule has 1 heterocycles. The van der Waals surface area contributed by atoms with E-state index in [1.54, 1.807) is 4.90 Å². The van der Waals surface area contributed by atoms with Crippen LogP contribution in [0.5, 0.6) is 0 Å². The van der Waals surface area contributed by atoms with Gasteiger partial charge in [0.2, 0.25) is 11.8 Å². The van der Waals surface area contributed by atoms with Gasteiger partial charge in [-0.3, -0.25) is 9.59 Å². The average Bonchev–Trinajstić information content (AvgIpc) is 3.32. The highest BCUT2D eigenvalue weighted by atomic mass is 16.6. The van der Waals surface area contributed by atoms with Gasteiger partial charge in [0, 0.05) is 13.0 Å². The van der Waals surface area contributed by atoms with Gasteiger partial charge in [-0.15, -0.1) is 0 Å². The zero-order valence-electron chi connectivity index (χ0n) is 43.2. The summed E-state index contributed by atoms with van der Waals surface area (Å²) in [7, 11) is 0. The van der Waals surface area contributed by atoms with Crippen LogP contribution in [0, 0.1) is 5.92 Å². The van der Waals surface area contributed by atoms with Crippen LogP contribution < -0.4 is 10.6 Å². The standard InChI is InChI=1S/C56H101N3O8/c1-5-7-9-11-13-15-17-19-21-23-25-27-29-31-33-38-42-59(50(61)41-37-32-30-28-26-24-22-20-18-16-14-12-10-8-6-2)55-51(53(63)52(62)49(44-60)67-55)58-54(64)48(43-46(3)4)57-56(65)66-45-47-39-35-34-36-40-47/h34-36,39-40,46,48-49,51-53,55,60,62-63H,5-33,37-38,41-45H2,1-4H3,(H,57,65)(H,58,64)/t48-,49+,51+,52+,53+,55+/m0/s1. The average molecular weight is 944 g/mol. The first-order chi connectivity index (χ1) is 32.6. The van der Waals surface area contributed by atoms with Crippen LogP contribution in [-0.4, -0.2) is 87.9 Å². The lowest BCUT2D eigenvalue weighted by Crippen LogP contribution is -2.70. The maximum absolute atomic E-state index is 14.2. The molecular weight excluding hydrogens is 843 g/mol. The zero-order valence-corrected chi connectivity index (χ0v) is 43.2. The van der Waals surface area contributed by atoms with Crippen molar-refractivity contribution in [2.75, 3.05) is 13.2 Å². The van der Waals surface area contributed by atoms with Crippen molar-refractivity contribution in [1.29, 1.82) is 0 Å². The van der Waals surface area contributed by atoms with Crippen molar-refractivity contribution in [3.8, 4) is 0 Å². The predicted octanol–water partition coefficient (Wildman–Crippen LogP) is 12.6. The van der Waals surface area contributed by atoms with Crippen LogP contribution >= 0.6 is 0 Å². The summed E-state index contributed by atoms with van der Waals surface area (Å²) in [6.07, 6.45) is 32.6. The Morgan fingerprint density at radius 1 is 0.627 bits per heavy atom. The number of carbonyl (C=O) groups excluding carboxylic acids is 3. The maximum Gasteiger partial charge on any atom is 0.408 e. The molecule has 0 aliphatic carbocycles. The van der Waals surface area contributed by atoms with E-state index in [1.807, 2.05) is 44.2 Å². The first-order valence-corrected chi connectivity index (χ1v) is 27.8. The SMILES string of the molecule is CCCCCCCCCCCCCCCCCCN(C(=O)CCCCCCCCCCCCCCCCC)[C@@H]1O[C@H](CO)[C@@H](O)[C@H](O)[C@H]1NC(=O)[C@H](CC(C)C)NC(=O)OCc1ccccc1. The van der Waals surface area contributed by atoms with Crippen LogP contribution in [0.2, 0.25) is 0 Å². The molecule has 1 aromatic carbocycles. The third kappa shape index (κ3) is 28.5. The summed E-state index contributed by atoms with van der Waals surface area (Å²) in [6.45, 7) is 8.21. The van der Waals surface area contributed by atoms with E-state index >= 15 is 0 Å². The number of nitrogens with one attached hydrogen (secondary N) is 2. The number of nitrogens with zero attached hydrogens (tertiary/aromatic N) is 1. The highest BCUT2D eigenvalue weighted by Crippen LogP contribution is 2.27. The molecular formula is C56H101N3O8. The molecule has 11 nitrogen and oxygen atoms in total. The van der Waals surface area contributed by atoms with Crippen LogP contribution in [-0.2, 0) is 25.7 Å². The number of ether oxygens (including phenoxy) is 2. The molecule has 0 spiro atoms. The summed E-state index contributed by atoms with van der Waals surface area (Å²) in [4.78, 5) is 42.9. The summed E-state index contributed by atoms with van der Waals surface area (Å²) in [5.41, 5.74) is 0.804. The van der Waals surface area contributed by atoms with Gasteiger partial charge < -0.3 is 40.3 Å². The van der Waals surface area contributed by atoms with Crippen molar-refractivity contribution < 1.29 is 39.2 Å². The van der Waals surface area contributed by atoms with Crippen LogP contribution in [0.4, 0.5) is 4.79 Å². The Bertz CT molecular complexity index is 1350. The molecule has 67 heavy (non-hydrogen) atoms. The van der Waals surface area contributed by atoms with E-state index in [0.29, 0.717) is 13.0 Å². The number of hydrogen-bond acceptors (Lipinski definition) is 8. The number of carbonyl (C=O) groups is 3. The molecule has 1 saturated heterocycles. The number of aliphatic hydroxyl groups is 3. The summed E-state index contributed by atoms with van der Waals surface area (Å²) < 4.78 is 11.7. The summed E-state index contributed by atoms with van der Waals surface area (Å²) in [5.74, 6) is -0.711. The number of amides is 3. The van der Waals surface area contributed by atoms with Gasteiger partial charge in [-0.05, 0) is 30.7 Å². The minimum atomic E-state index is -1.54. The van der Waals surface area contributed by atoms with Crippen LogP contribution in [0.15, 0.2) is 30.3 Å². The fourth-order valence-corrected chi connectivity index (χ4v) is 9.41. The van der Waals surface area contributed by atoms with E-state index in [4.69, 9.17) is 9.47 Å². The van der Waals surface area contributed by atoms with Crippen molar-refractivity contribution in [3.63, 3.8) is 0 Å². The fraction of sp³-hybridized carbons (Fsp3) is 0.839. The Morgan fingerprint density at radius 3 is 1.49 bits per heavy atom. The molecule has 6 atom stereocenters. The number of rotatable bonds is 42. The highest BCUT2D eigenvalue weighted by molar-refractivity contribution is 5.86. The molecule has 5 N–H and O–H groups in total. The molecule has 2 rings (SSSR count). The number of unbranched alkanes of at least 4 members (excludes halogenated alkanes) is 29. The summed E-state index contributed by atoms with van der Waals surface area (Å²) in [5, 5.41) is 38.4. The van der Waals surface area contributed by atoms with Gasteiger partial charge in [0.05, 0.1) is 6.61 Å². The first kappa shape index (κ1) is 60.4. The molecule has 0 aromatic heterocycles. The van der Waals surface area contributed by atoms with E-state index in [2.05, 4.69) is 24.5 Å². The lowest BCUT2D eigenvalue weighted by molar-refractivity contribution is -0.231. The van der Waals surface area contributed by atoms with Gasteiger partial charge in [0.1, 0.15) is 37.0 Å². The summed E-state index contributed by atoms with van der Waals surface area (Å²) >= 11 is 0. The minimum Gasteiger partial charge on any atom is -0.445 e. The molecule has 3 amide bonds. The Morgan fingerprint density at radius 2 is 1.06 bits per heavy atom. The first-order valence-electron chi connectivity index (χ1n) is 27.8. The quantitative estimate of drug-likeness (QED) is 0.0405. The predicted molar refractivity (Wildman–Crippen MR) is 274 cm³/mol. The van der Waals surface area contributed by atoms with Gasteiger partial charge in [-0.1, -0.05) is 244 Å². The van der Waals surface area contributed by atoms with Crippen LogP contribution in [0.1, 0.15) is 245 Å². The highest BCUT2D eigenvalue weighted by Gasteiger charge is 2.48. The number of hydrogen-bond donors (Lipinski definition) is 5. The van der Waals surface area contributed by atoms with Gasteiger partial charge in [-0.2, -0.15) is 0 Å². The van der Waals surface area contributed by atoms with E-state index in [0.717, 1.165) is 56.9 Å². The van der Waals surface area contributed by atoms with E-state index in [1.165, 1.54) is 148 Å². The maximum atomic E-state index is 14.2. The van der Waals surface area contributed by atoms with E-state index in [-0.39, 0.29) is 24.9 Å². The van der Waals surface area contributed by atoms with Crippen molar-refractivity contribution in [2.24, 2.45) is 5.92 Å². The van der Waals surface area contributed by atoms with Crippen molar-refractivity contribution in [2.45, 2.75) is 283 Å².